The Kier molecular flexibility index (Phi) is 3.54. The molecule has 0 unspecified atom stereocenters. The van der Waals surface area contributed by atoms with Crippen LogP contribution in [0.2, 0.25) is 0 Å². The van der Waals surface area contributed by atoms with Gasteiger partial charge in [0.05, 0.1) is 17.1 Å². The van der Waals surface area contributed by atoms with E-state index in [1.165, 1.54) is 10.6 Å². The lowest BCUT2D eigenvalue weighted by Crippen LogP contribution is -2.15. The van der Waals surface area contributed by atoms with Crippen molar-refractivity contribution >= 4 is 16.3 Å². The molecule has 20 heavy (non-hydrogen) atoms. The van der Waals surface area contributed by atoms with Gasteiger partial charge in [-0.2, -0.15) is 0 Å². The lowest BCUT2D eigenvalue weighted by Gasteiger charge is -2.05. The summed E-state index contributed by atoms with van der Waals surface area (Å²) < 4.78 is 2.19. The first-order valence-corrected chi connectivity index (χ1v) is 7.52. The molecule has 4 nitrogen and oxygen atoms in total. The molecule has 0 aliphatic carbocycles. The van der Waals surface area contributed by atoms with Gasteiger partial charge in [-0.3, -0.25) is 9.38 Å². The van der Waals surface area contributed by atoms with Gasteiger partial charge in [0, 0.05) is 29.9 Å². The quantitative estimate of drug-likeness (QED) is 0.801. The molecule has 1 N–H and O–H groups in total. The Morgan fingerprint density at radius 3 is 2.80 bits per heavy atom. The summed E-state index contributed by atoms with van der Waals surface area (Å²) in [5.74, 6) is 0. The van der Waals surface area contributed by atoms with Gasteiger partial charge < -0.3 is 5.32 Å². The third-order valence-corrected chi connectivity index (χ3v) is 4.18. The van der Waals surface area contributed by atoms with Gasteiger partial charge in [0.2, 0.25) is 0 Å². The fraction of sp³-hybridized carbons (Fsp3) is 0.333. The van der Waals surface area contributed by atoms with Gasteiger partial charge in [0.1, 0.15) is 0 Å². The molecule has 3 aromatic heterocycles. The molecule has 0 saturated carbocycles. The Labute approximate surface area is 122 Å². The molecule has 0 atom stereocenters. The second-order valence-corrected chi connectivity index (χ2v) is 6.23. The van der Waals surface area contributed by atoms with E-state index in [1.54, 1.807) is 11.3 Å². The molecule has 0 spiro atoms. The van der Waals surface area contributed by atoms with E-state index >= 15 is 0 Å². The van der Waals surface area contributed by atoms with Crippen LogP contribution in [-0.2, 0) is 13.1 Å². The normalized spacial score (nSPS) is 11.3. The van der Waals surface area contributed by atoms with Gasteiger partial charge in [-0.25, -0.2) is 4.98 Å². The van der Waals surface area contributed by atoms with Crippen LogP contribution in [0.4, 0.5) is 0 Å². The number of aryl methyl sites for hydroxylation is 3. The number of imidazole rings is 1. The lowest BCUT2D eigenvalue weighted by molar-refractivity contribution is 0.659. The van der Waals surface area contributed by atoms with Gasteiger partial charge in [-0.1, -0.05) is 6.07 Å². The number of aromatic nitrogens is 3. The van der Waals surface area contributed by atoms with E-state index in [0.717, 1.165) is 35.1 Å². The molecule has 0 fully saturated rings. The summed E-state index contributed by atoms with van der Waals surface area (Å²) in [5.41, 5.74) is 4.46. The molecule has 3 aromatic rings. The molecule has 5 heteroatoms. The summed E-state index contributed by atoms with van der Waals surface area (Å²) in [6.45, 7) is 7.78. The smallest absolute Gasteiger partial charge is 0.194 e. The molecule has 0 aliphatic rings. The van der Waals surface area contributed by atoms with Crippen LogP contribution in [0.25, 0.3) is 4.96 Å². The van der Waals surface area contributed by atoms with Gasteiger partial charge >= 0.3 is 0 Å². The highest BCUT2D eigenvalue weighted by Crippen LogP contribution is 2.20. The number of hydrogen-bond donors (Lipinski definition) is 1. The van der Waals surface area contributed by atoms with E-state index < -0.39 is 0 Å². The third kappa shape index (κ3) is 2.59. The van der Waals surface area contributed by atoms with Gasteiger partial charge in [-0.05, 0) is 32.9 Å². The predicted octanol–water partition coefficient (Wildman–Crippen LogP) is 3.01. The summed E-state index contributed by atoms with van der Waals surface area (Å²) in [7, 11) is 0. The second-order valence-electron chi connectivity index (χ2n) is 5.01. The van der Waals surface area contributed by atoms with Crippen molar-refractivity contribution in [3.8, 4) is 0 Å². The predicted molar refractivity (Wildman–Crippen MR) is 82.1 cm³/mol. The van der Waals surface area contributed by atoms with Crippen LogP contribution < -0.4 is 5.32 Å². The highest BCUT2D eigenvalue weighted by Gasteiger charge is 2.10. The van der Waals surface area contributed by atoms with Crippen LogP contribution in [0.5, 0.6) is 0 Å². The fourth-order valence-corrected chi connectivity index (χ4v) is 3.22. The van der Waals surface area contributed by atoms with E-state index in [9.17, 15) is 0 Å². The largest absolute Gasteiger partial charge is 0.305 e. The van der Waals surface area contributed by atoms with E-state index in [1.807, 2.05) is 25.1 Å². The third-order valence-electron chi connectivity index (χ3n) is 3.29. The molecule has 0 radical (unpaired) electrons. The SMILES string of the molecule is Cc1cccc(CNCc2c(C)nc3sc(C)cn23)n1. The Hall–Kier alpha value is -1.72. The zero-order valence-corrected chi connectivity index (χ0v) is 12.8. The zero-order valence-electron chi connectivity index (χ0n) is 12.0. The van der Waals surface area contributed by atoms with Crippen LogP contribution in [0.3, 0.4) is 0 Å². The number of nitrogens with zero attached hydrogens (tertiary/aromatic N) is 3. The minimum absolute atomic E-state index is 0.775. The highest BCUT2D eigenvalue weighted by molar-refractivity contribution is 7.17. The lowest BCUT2D eigenvalue weighted by atomic mass is 10.3. The van der Waals surface area contributed by atoms with Gasteiger partial charge in [0.15, 0.2) is 4.96 Å². The number of nitrogens with one attached hydrogen (secondary N) is 1. The second kappa shape index (κ2) is 5.34. The monoisotopic (exact) mass is 286 g/mol. The Morgan fingerprint density at radius 2 is 2.00 bits per heavy atom. The molecule has 104 valence electrons. The van der Waals surface area contributed by atoms with Crippen molar-refractivity contribution in [3.63, 3.8) is 0 Å². The van der Waals surface area contributed by atoms with Crippen LogP contribution in [0, 0.1) is 20.8 Å². The van der Waals surface area contributed by atoms with Crippen molar-refractivity contribution < 1.29 is 0 Å². The molecule has 0 bridgehead atoms. The topological polar surface area (TPSA) is 42.2 Å². The number of hydrogen-bond acceptors (Lipinski definition) is 4. The number of rotatable bonds is 4. The average Bonchev–Trinajstić information content (AvgIpc) is 2.87. The number of pyridine rings is 1. The van der Waals surface area contributed by atoms with Crippen LogP contribution in [-0.4, -0.2) is 14.4 Å². The van der Waals surface area contributed by atoms with Crippen molar-refractivity contribution in [1.82, 2.24) is 19.7 Å². The number of fused-ring (bicyclic) bond motifs is 1. The molecule has 3 heterocycles. The summed E-state index contributed by atoms with van der Waals surface area (Å²) in [6, 6.07) is 6.11. The minimum atomic E-state index is 0.775. The Balaban J connectivity index is 1.72. The minimum Gasteiger partial charge on any atom is -0.305 e. The van der Waals surface area contributed by atoms with E-state index in [4.69, 9.17) is 0 Å². The van der Waals surface area contributed by atoms with Crippen molar-refractivity contribution in [2.75, 3.05) is 0 Å². The zero-order chi connectivity index (χ0) is 14.1. The van der Waals surface area contributed by atoms with E-state index in [-0.39, 0.29) is 0 Å². The summed E-state index contributed by atoms with van der Waals surface area (Å²) >= 11 is 1.73. The van der Waals surface area contributed by atoms with Crippen LogP contribution in [0.1, 0.15) is 27.7 Å². The van der Waals surface area contributed by atoms with Gasteiger partial charge in [-0.15, -0.1) is 11.3 Å². The standard InChI is InChI=1S/C15H18N4S/c1-10-5-4-6-13(17-10)7-16-8-14-12(3)18-15-19(14)9-11(2)20-15/h4-6,9,16H,7-8H2,1-3H3. The van der Waals surface area contributed by atoms with Gasteiger partial charge in [0.25, 0.3) is 0 Å². The molecule has 0 saturated heterocycles. The average molecular weight is 286 g/mol. The van der Waals surface area contributed by atoms with Crippen LogP contribution >= 0.6 is 11.3 Å². The van der Waals surface area contributed by atoms with Crippen molar-refractivity contribution in [1.29, 1.82) is 0 Å². The molecule has 0 amide bonds. The first-order valence-electron chi connectivity index (χ1n) is 6.70. The first kappa shape index (κ1) is 13.3. The van der Waals surface area contributed by atoms with Crippen molar-refractivity contribution in [2.45, 2.75) is 33.9 Å². The first-order chi connectivity index (χ1) is 9.63. The van der Waals surface area contributed by atoms with Crippen LogP contribution in [0.15, 0.2) is 24.4 Å². The molecule has 0 aromatic carbocycles. The molecular formula is C15H18N4S. The van der Waals surface area contributed by atoms with E-state index in [2.05, 4.69) is 39.7 Å². The fourth-order valence-electron chi connectivity index (χ4n) is 2.33. The Morgan fingerprint density at radius 1 is 1.15 bits per heavy atom. The maximum Gasteiger partial charge on any atom is 0.194 e. The summed E-state index contributed by atoms with van der Waals surface area (Å²) in [5, 5.41) is 3.45. The summed E-state index contributed by atoms with van der Waals surface area (Å²) in [6.07, 6.45) is 2.15. The molecule has 3 rings (SSSR count). The van der Waals surface area contributed by atoms with Crippen molar-refractivity contribution in [2.24, 2.45) is 0 Å². The summed E-state index contributed by atoms with van der Waals surface area (Å²) in [4.78, 5) is 11.5. The van der Waals surface area contributed by atoms with Crippen molar-refractivity contribution in [3.05, 3.63) is 52.0 Å². The Bertz CT molecular complexity index is 741. The number of thiazole rings is 1. The molecule has 0 aliphatic heterocycles. The molecular weight excluding hydrogens is 268 g/mol. The maximum absolute atomic E-state index is 4.60. The maximum atomic E-state index is 4.60. The highest BCUT2D eigenvalue weighted by atomic mass is 32.1. The van der Waals surface area contributed by atoms with E-state index in [0.29, 0.717) is 0 Å².